The third-order valence-electron chi connectivity index (χ3n) is 5.15. The van der Waals surface area contributed by atoms with Gasteiger partial charge in [0.15, 0.2) is 0 Å². The molecule has 0 atom stereocenters. The van der Waals surface area contributed by atoms with Gasteiger partial charge in [-0.3, -0.25) is 0 Å². The Morgan fingerprint density at radius 2 is 1.40 bits per heavy atom. The molecular formula is C19H39N. The van der Waals surface area contributed by atoms with E-state index in [1.54, 1.807) is 0 Å². The zero-order valence-corrected chi connectivity index (χ0v) is 14.3. The predicted octanol–water partition coefficient (Wildman–Crippen LogP) is 6.08. The van der Waals surface area contributed by atoms with Crippen molar-refractivity contribution in [2.24, 2.45) is 5.41 Å². The lowest BCUT2D eigenvalue weighted by molar-refractivity contribution is 0.161. The fourth-order valence-corrected chi connectivity index (χ4v) is 3.80. The summed E-state index contributed by atoms with van der Waals surface area (Å²) in [5, 5.41) is 3.71. The van der Waals surface area contributed by atoms with Crippen molar-refractivity contribution in [3.63, 3.8) is 0 Å². The first-order valence-corrected chi connectivity index (χ1v) is 9.54. The van der Waals surface area contributed by atoms with Crippen molar-refractivity contribution < 1.29 is 0 Å². The number of hydrogen-bond donors (Lipinski definition) is 1. The van der Waals surface area contributed by atoms with Crippen LogP contribution in [0.5, 0.6) is 0 Å². The van der Waals surface area contributed by atoms with Gasteiger partial charge in [0.25, 0.3) is 0 Å². The Kier molecular flexibility index (Phi) is 10.4. The summed E-state index contributed by atoms with van der Waals surface area (Å²) in [4.78, 5) is 0. The molecule has 1 aliphatic rings. The molecular weight excluding hydrogens is 242 g/mol. The minimum atomic E-state index is 0.664. The highest BCUT2D eigenvalue weighted by molar-refractivity contribution is 4.84. The highest BCUT2D eigenvalue weighted by atomic mass is 14.9. The molecule has 1 N–H and O–H groups in total. The van der Waals surface area contributed by atoms with E-state index in [-0.39, 0.29) is 0 Å². The normalized spacial score (nSPS) is 18.3. The number of hydrogen-bond acceptors (Lipinski definition) is 1. The molecule has 1 rings (SSSR count). The molecule has 0 aromatic rings. The molecule has 0 bridgehead atoms. The van der Waals surface area contributed by atoms with E-state index in [0.29, 0.717) is 5.41 Å². The van der Waals surface area contributed by atoms with Crippen molar-refractivity contribution in [2.45, 2.75) is 104 Å². The minimum absolute atomic E-state index is 0.664. The quantitative estimate of drug-likeness (QED) is 0.428. The van der Waals surface area contributed by atoms with E-state index in [4.69, 9.17) is 0 Å². The Morgan fingerprint density at radius 3 is 2.05 bits per heavy atom. The lowest BCUT2D eigenvalue weighted by Crippen LogP contribution is -2.36. The maximum atomic E-state index is 3.71. The van der Waals surface area contributed by atoms with E-state index in [9.17, 15) is 0 Å². The molecule has 0 heterocycles. The van der Waals surface area contributed by atoms with E-state index in [0.717, 1.165) is 0 Å². The molecule has 0 aliphatic heterocycles. The molecule has 0 aromatic carbocycles. The van der Waals surface area contributed by atoms with Crippen LogP contribution in [-0.2, 0) is 0 Å². The summed E-state index contributed by atoms with van der Waals surface area (Å²) in [6, 6.07) is 0. The third-order valence-corrected chi connectivity index (χ3v) is 5.15. The van der Waals surface area contributed by atoms with Gasteiger partial charge in [0, 0.05) is 6.54 Å². The Morgan fingerprint density at radius 1 is 0.750 bits per heavy atom. The van der Waals surface area contributed by atoms with Crippen molar-refractivity contribution in [1.82, 2.24) is 5.32 Å². The smallest absolute Gasteiger partial charge is 0.000780 e. The van der Waals surface area contributed by atoms with Gasteiger partial charge < -0.3 is 5.32 Å². The summed E-state index contributed by atoms with van der Waals surface area (Å²) >= 11 is 0. The van der Waals surface area contributed by atoms with Gasteiger partial charge in [-0.25, -0.2) is 0 Å². The second-order valence-electron chi connectivity index (χ2n) is 7.11. The molecule has 20 heavy (non-hydrogen) atoms. The summed E-state index contributed by atoms with van der Waals surface area (Å²) in [5.41, 5.74) is 0.664. The van der Waals surface area contributed by atoms with E-state index in [1.807, 2.05) is 0 Å². The third kappa shape index (κ3) is 7.67. The lowest BCUT2D eigenvalue weighted by Gasteiger charge is -2.38. The zero-order valence-electron chi connectivity index (χ0n) is 14.3. The van der Waals surface area contributed by atoms with E-state index in [2.05, 4.69) is 19.2 Å². The highest BCUT2D eigenvalue weighted by Crippen LogP contribution is 2.40. The van der Waals surface area contributed by atoms with Crippen molar-refractivity contribution in [3.8, 4) is 0 Å². The fraction of sp³-hybridized carbons (Fsp3) is 1.00. The van der Waals surface area contributed by atoms with Gasteiger partial charge >= 0.3 is 0 Å². The number of rotatable bonds is 12. The van der Waals surface area contributed by atoms with Crippen molar-refractivity contribution in [3.05, 3.63) is 0 Å². The summed E-state index contributed by atoms with van der Waals surface area (Å²) < 4.78 is 0. The van der Waals surface area contributed by atoms with Crippen LogP contribution in [0.4, 0.5) is 0 Å². The predicted molar refractivity (Wildman–Crippen MR) is 91.3 cm³/mol. The topological polar surface area (TPSA) is 12.0 Å². The maximum Gasteiger partial charge on any atom is 0.000780 e. The van der Waals surface area contributed by atoms with Crippen LogP contribution >= 0.6 is 0 Å². The molecule has 0 radical (unpaired) electrons. The molecule has 0 spiro atoms. The Hall–Kier alpha value is -0.0400. The summed E-state index contributed by atoms with van der Waals surface area (Å²) in [6.07, 6.45) is 20.3. The molecule has 0 aromatic heterocycles. The molecule has 1 aliphatic carbocycles. The largest absolute Gasteiger partial charge is 0.316 e. The Bertz CT molecular complexity index is 206. The number of unbranched alkanes of at least 4 members (excludes halogenated alkanes) is 6. The first-order chi connectivity index (χ1) is 9.83. The minimum Gasteiger partial charge on any atom is -0.316 e. The van der Waals surface area contributed by atoms with Crippen LogP contribution in [0.15, 0.2) is 0 Å². The Balaban J connectivity index is 2.16. The molecule has 0 unspecified atom stereocenters. The highest BCUT2D eigenvalue weighted by Gasteiger charge is 2.30. The van der Waals surface area contributed by atoms with Crippen LogP contribution in [0, 0.1) is 5.41 Å². The second-order valence-corrected chi connectivity index (χ2v) is 7.11. The molecule has 0 saturated heterocycles. The second kappa shape index (κ2) is 11.6. The van der Waals surface area contributed by atoms with Crippen LogP contribution < -0.4 is 5.32 Å². The standard InChI is InChI=1S/C19H39N/c1-3-5-6-7-8-9-11-14-19(18-20-17-4-2)15-12-10-13-16-19/h20H,3-18H2,1-2H3. The molecule has 0 amide bonds. The van der Waals surface area contributed by atoms with Gasteiger partial charge in [0.1, 0.15) is 0 Å². The van der Waals surface area contributed by atoms with Gasteiger partial charge in [0.05, 0.1) is 0 Å². The van der Waals surface area contributed by atoms with Gasteiger partial charge in [-0.2, -0.15) is 0 Å². The first-order valence-electron chi connectivity index (χ1n) is 9.54. The van der Waals surface area contributed by atoms with E-state index in [1.165, 1.54) is 103 Å². The summed E-state index contributed by atoms with van der Waals surface area (Å²) in [7, 11) is 0. The van der Waals surface area contributed by atoms with Gasteiger partial charge in [0.2, 0.25) is 0 Å². The lowest BCUT2D eigenvalue weighted by atomic mass is 9.70. The van der Waals surface area contributed by atoms with Gasteiger partial charge in [-0.1, -0.05) is 78.1 Å². The van der Waals surface area contributed by atoms with Crippen LogP contribution in [0.1, 0.15) is 104 Å². The van der Waals surface area contributed by atoms with E-state index < -0.39 is 0 Å². The fourth-order valence-electron chi connectivity index (χ4n) is 3.80. The van der Waals surface area contributed by atoms with Crippen molar-refractivity contribution >= 4 is 0 Å². The number of nitrogens with one attached hydrogen (secondary N) is 1. The average Bonchev–Trinajstić information content (AvgIpc) is 2.48. The van der Waals surface area contributed by atoms with Crippen LogP contribution in [0.25, 0.3) is 0 Å². The Labute approximate surface area is 128 Å². The van der Waals surface area contributed by atoms with E-state index >= 15 is 0 Å². The summed E-state index contributed by atoms with van der Waals surface area (Å²) in [6.45, 7) is 7.07. The molecule has 1 heteroatoms. The molecule has 1 fully saturated rings. The first kappa shape index (κ1) is 18.0. The van der Waals surface area contributed by atoms with Crippen LogP contribution in [0.3, 0.4) is 0 Å². The zero-order chi connectivity index (χ0) is 14.5. The van der Waals surface area contributed by atoms with Gasteiger partial charge in [-0.05, 0) is 37.6 Å². The van der Waals surface area contributed by atoms with Crippen molar-refractivity contribution in [1.29, 1.82) is 0 Å². The molecule has 1 saturated carbocycles. The van der Waals surface area contributed by atoms with Crippen LogP contribution in [-0.4, -0.2) is 13.1 Å². The maximum absolute atomic E-state index is 3.71. The van der Waals surface area contributed by atoms with Gasteiger partial charge in [-0.15, -0.1) is 0 Å². The average molecular weight is 282 g/mol. The monoisotopic (exact) mass is 281 g/mol. The van der Waals surface area contributed by atoms with Crippen molar-refractivity contribution in [2.75, 3.05) is 13.1 Å². The molecule has 120 valence electrons. The molecule has 1 nitrogen and oxygen atoms in total. The summed E-state index contributed by atoms with van der Waals surface area (Å²) in [5.74, 6) is 0. The van der Waals surface area contributed by atoms with Crippen LogP contribution in [0.2, 0.25) is 0 Å². The SMILES string of the molecule is CCCCCCCCCC1(CNCCC)CCCCC1.